The van der Waals surface area contributed by atoms with Gasteiger partial charge in [0.15, 0.2) is 5.78 Å². The molecule has 0 saturated heterocycles. The Morgan fingerprint density at radius 1 is 1.08 bits per heavy atom. The molecular weight excluding hydrogens is 168 g/mol. The molecule has 0 aromatic carbocycles. The van der Waals surface area contributed by atoms with Gasteiger partial charge >= 0.3 is 0 Å². The highest BCUT2D eigenvalue weighted by Crippen LogP contribution is 2.30. The maximum atomic E-state index is 11.7. The monoisotopic (exact) mass is 188 g/mol. The van der Waals surface area contributed by atoms with Gasteiger partial charge in [-0.05, 0) is 5.41 Å². The van der Waals surface area contributed by atoms with Crippen LogP contribution in [0.3, 0.4) is 0 Å². The lowest BCUT2D eigenvalue weighted by Gasteiger charge is -2.30. The SMILES string of the molecule is CC(C)(C)C(=O)C(S)C(C)(C)C. The Kier molecular flexibility index (Phi) is 3.41. The van der Waals surface area contributed by atoms with Gasteiger partial charge in [0, 0.05) is 5.41 Å². The topological polar surface area (TPSA) is 17.1 Å². The number of ketones is 1. The van der Waals surface area contributed by atoms with Crippen LogP contribution in [0.15, 0.2) is 0 Å². The summed E-state index contributed by atoms with van der Waals surface area (Å²) in [4.78, 5) is 11.7. The van der Waals surface area contributed by atoms with E-state index in [4.69, 9.17) is 0 Å². The standard InChI is InChI=1S/C10H20OS/c1-9(2,3)7(11)8(12)10(4,5)6/h8,12H,1-6H3. The molecular formula is C10H20OS. The summed E-state index contributed by atoms with van der Waals surface area (Å²) in [5.41, 5.74) is -0.326. The third kappa shape index (κ3) is 3.18. The van der Waals surface area contributed by atoms with Crippen LogP contribution in [0.4, 0.5) is 0 Å². The van der Waals surface area contributed by atoms with Gasteiger partial charge in [0.2, 0.25) is 0 Å². The van der Waals surface area contributed by atoms with Crippen molar-refractivity contribution in [3.8, 4) is 0 Å². The average molecular weight is 188 g/mol. The molecule has 1 atom stereocenters. The van der Waals surface area contributed by atoms with Gasteiger partial charge in [-0.2, -0.15) is 12.6 Å². The molecule has 0 aliphatic heterocycles. The van der Waals surface area contributed by atoms with E-state index in [9.17, 15) is 4.79 Å². The predicted molar refractivity (Wildman–Crippen MR) is 56.7 cm³/mol. The lowest BCUT2D eigenvalue weighted by atomic mass is 9.79. The highest BCUT2D eigenvalue weighted by molar-refractivity contribution is 7.81. The summed E-state index contributed by atoms with van der Waals surface area (Å²) >= 11 is 4.35. The summed E-state index contributed by atoms with van der Waals surface area (Å²) in [5.74, 6) is 0.221. The Balaban J connectivity index is 4.53. The van der Waals surface area contributed by atoms with Crippen molar-refractivity contribution in [2.75, 3.05) is 0 Å². The minimum Gasteiger partial charge on any atom is -0.298 e. The van der Waals surface area contributed by atoms with E-state index in [2.05, 4.69) is 12.6 Å². The van der Waals surface area contributed by atoms with E-state index in [1.165, 1.54) is 0 Å². The van der Waals surface area contributed by atoms with Crippen LogP contribution in [0.1, 0.15) is 41.5 Å². The second kappa shape index (κ2) is 3.41. The molecule has 0 saturated carbocycles. The summed E-state index contributed by atoms with van der Waals surface area (Å²) in [6, 6.07) is 0. The fourth-order valence-corrected chi connectivity index (χ4v) is 1.19. The van der Waals surface area contributed by atoms with Gasteiger partial charge in [0.25, 0.3) is 0 Å². The molecule has 12 heavy (non-hydrogen) atoms. The first-order chi connectivity index (χ1) is 5.07. The lowest BCUT2D eigenvalue weighted by Crippen LogP contribution is -2.37. The Bertz CT molecular complexity index is 171. The molecule has 2 heteroatoms. The fourth-order valence-electron chi connectivity index (χ4n) is 0.803. The largest absolute Gasteiger partial charge is 0.298 e. The number of hydrogen-bond donors (Lipinski definition) is 1. The minimum atomic E-state index is -0.278. The van der Waals surface area contributed by atoms with Crippen molar-refractivity contribution < 1.29 is 4.79 Å². The second-order valence-electron chi connectivity index (χ2n) is 5.38. The van der Waals surface area contributed by atoms with Crippen LogP contribution < -0.4 is 0 Å². The molecule has 0 N–H and O–H groups in total. The maximum absolute atomic E-state index is 11.7. The molecule has 0 amide bonds. The van der Waals surface area contributed by atoms with E-state index < -0.39 is 0 Å². The molecule has 0 aliphatic rings. The Morgan fingerprint density at radius 2 is 1.42 bits per heavy atom. The smallest absolute Gasteiger partial charge is 0.151 e. The molecule has 0 radical (unpaired) electrons. The van der Waals surface area contributed by atoms with Crippen LogP contribution in [-0.4, -0.2) is 11.0 Å². The maximum Gasteiger partial charge on any atom is 0.151 e. The van der Waals surface area contributed by atoms with Crippen LogP contribution >= 0.6 is 12.6 Å². The fraction of sp³-hybridized carbons (Fsp3) is 0.900. The van der Waals surface area contributed by atoms with Crippen LogP contribution in [-0.2, 0) is 4.79 Å². The van der Waals surface area contributed by atoms with Gasteiger partial charge in [-0.3, -0.25) is 4.79 Å². The van der Waals surface area contributed by atoms with Crippen LogP contribution in [0, 0.1) is 10.8 Å². The van der Waals surface area contributed by atoms with Crippen molar-refractivity contribution in [1.29, 1.82) is 0 Å². The molecule has 0 aromatic rings. The first-order valence-corrected chi connectivity index (χ1v) is 4.81. The summed E-state index contributed by atoms with van der Waals surface area (Å²) in [5, 5.41) is -0.169. The summed E-state index contributed by atoms with van der Waals surface area (Å²) in [6.07, 6.45) is 0. The van der Waals surface area contributed by atoms with E-state index in [-0.39, 0.29) is 21.9 Å². The average Bonchev–Trinajstić information content (AvgIpc) is 1.80. The van der Waals surface area contributed by atoms with E-state index in [0.29, 0.717) is 0 Å². The van der Waals surface area contributed by atoms with Crippen molar-refractivity contribution >= 4 is 18.4 Å². The van der Waals surface area contributed by atoms with Crippen LogP contribution in [0.2, 0.25) is 0 Å². The third-order valence-electron chi connectivity index (χ3n) is 1.81. The molecule has 0 bridgehead atoms. The number of carbonyl (C=O) groups excluding carboxylic acids is 1. The molecule has 0 aromatic heterocycles. The summed E-state index contributed by atoms with van der Waals surface area (Å²) in [6.45, 7) is 11.9. The number of hydrogen-bond acceptors (Lipinski definition) is 2. The molecule has 0 heterocycles. The zero-order chi connectivity index (χ0) is 10.2. The predicted octanol–water partition coefficient (Wildman–Crippen LogP) is 2.95. The number of thiol groups is 1. The summed E-state index contributed by atoms with van der Waals surface area (Å²) in [7, 11) is 0. The van der Waals surface area contributed by atoms with Gasteiger partial charge in [-0.15, -0.1) is 0 Å². The Hall–Kier alpha value is 0.0200. The molecule has 0 aliphatic carbocycles. The number of Topliss-reactive ketones (excluding diaryl/α,β-unsaturated/α-hetero) is 1. The van der Waals surface area contributed by atoms with Crippen molar-refractivity contribution in [3.63, 3.8) is 0 Å². The van der Waals surface area contributed by atoms with Gasteiger partial charge in [-0.25, -0.2) is 0 Å². The van der Waals surface area contributed by atoms with Gasteiger partial charge < -0.3 is 0 Å². The quantitative estimate of drug-likeness (QED) is 0.626. The molecule has 0 rings (SSSR count). The van der Waals surface area contributed by atoms with E-state index in [1.807, 2.05) is 41.5 Å². The molecule has 0 spiro atoms. The van der Waals surface area contributed by atoms with Gasteiger partial charge in [0.05, 0.1) is 5.25 Å². The van der Waals surface area contributed by atoms with Crippen LogP contribution in [0.25, 0.3) is 0 Å². The van der Waals surface area contributed by atoms with Crippen molar-refractivity contribution in [2.24, 2.45) is 10.8 Å². The van der Waals surface area contributed by atoms with E-state index >= 15 is 0 Å². The zero-order valence-corrected chi connectivity index (χ0v) is 9.83. The first kappa shape index (κ1) is 12.0. The molecule has 1 unspecified atom stereocenters. The normalized spacial score (nSPS) is 15.9. The number of rotatable bonds is 1. The van der Waals surface area contributed by atoms with Crippen molar-refractivity contribution in [2.45, 2.75) is 46.8 Å². The Labute approximate surface area is 81.3 Å². The lowest BCUT2D eigenvalue weighted by molar-refractivity contribution is -0.127. The minimum absolute atomic E-state index is 0.0481. The van der Waals surface area contributed by atoms with Crippen molar-refractivity contribution in [3.05, 3.63) is 0 Å². The van der Waals surface area contributed by atoms with Gasteiger partial charge in [-0.1, -0.05) is 41.5 Å². The molecule has 1 nitrogen and oxygen atoms in total. The van der Waals surface area contributed by atoms with Crippen molar-refractivity contribution in [1.82, 2.24) is 0 Å². The molecule has 0 fully saturated rings. The zero-order valence-electron chi connectivity index (χ0n) is 8.93. The Morgan fingerprint density at radius 3 is 1.50 bits per heavy atom. The summed E-state index contributed by atoms with van der Waals surface area (Å²) < 4.78 is 0. The molecule has 72 valence electrons. The first-order valence-electron chi connectivity index (χ1n) is 4.29. The number of carbonyl (C=O) groups is 1. The van der Waals surface area contributed by atoms with Gasteiger partial charge in [0.1, 0.15) is 0 Å². The second-order valence-corrected chi connectivity index (χ2v) is 5.90. The highest BCUT2D eigenvalue weighted by Gasteiger charge is 2.34. The third-order valence-corrected chi connectivity index (χ3v) is 2.82. The van der Waals surface area contributed by atoms with E-state index in [0.717, 1.165) is 0 Å². The van der Waals surface area contributed by atoms with E-state index in [1.54, 1.807) is 0 Å². The van der Waals surface area contributed by atoms with Crippen LogP contribution in [0.5, 0.6) is 0 Å². The highest BCUT2D eigenvalue weighted by atomic mass is 32.1.